The summed E-state index contributed by atoms with van der Waals surface area (Å²) in [6.45, 7) is 1.79. The lowest BCUT2D eigenvalue weighted by Crippen LogP contribution is -2.00. The molecule has 0 spiro atoms. The second-order valence-corrected chi connectivity index (χ2v) is 3.02. The van der Waals surface area contributed by atoms with Crippen molar-refractivity contribution in [1.29, 1.82) is 0 Å². The maximum absolute atomic E-state index is 9.46. The Labute approximate surface area is 70.6 Å². The zero-order valence-electron chi connectivity index (χ0n) is 6.91. The number of allylic oxidation sites excluding steroid dienone is 1. The number of fused-ring (bicyclic) bond motifs is 1. The van der Waals surface area contributed by atoms with Crippen LogP contribution in [-0.2, 0) is 6.42 Å². The second kappa shape index (κ2) is 2.30. The van der Waals surface area contributed by atoms with Gasteiger partial charge in [-0.2, -0.15) is 0 Å². The summed E-state index contributed by atoms with van der Waals surface area (Å²) in [5, 5.41) is 18.9. The number of rotatable bonds is 0. The predicted molar refractivity (Wildman–Crippen MR) is 46.1 cm³/mol. The van der Waals surface area contributed by atoms with Crippen molar-refractivity contribution >= 4 is 6.20 Å². The third-order valence-corrected chi connectivity index (χ3v) is 2.29. The van der Waals surface area contributed by atoms with E-state index < -0.39 is 0 Å². The molecule has 3 nitrogen and oxygen atoms in total. The Morgan fingerprint density at radius 2 is 2.08 bits per heavy atom. The molecule has 1 aromatic heterocycles. The minimum atomic E-state index is 0.0107. The monoisotopic (exact) mass is 165 g/mol. The van der Waals surface area contributed by atoms with Gasteiger partial charge in [-0.15, -0.1) is 0 Å². The molecule has 0 bridgehead atoms. The quantitative estimate of drug-likeness (QED) is 0.613. The van der Waals surface area contributed by atoms with Crippen LogP contribution in [0.2, 0.25) is 0 Å². The van der Waals surface area contributed by atoms with E-state index in [4.69, 9.17) is 0 Å². The molecule has 0 aliphatic carbocycles. The van der Waals surface area contributed by atoms with Gasteiger partial charge in [-0.1, -0.05) is 6.08 Å². The normalized spacial score (nSPS) is 14.8. The highest BCUT2D eigenvalue weighted by Gasteiger charge is 2.18. The molecule has 1 aromatic rings. The van der Waals surface area contributed by atoms with E-state index in [9.17, 15) is 10.2 Å². The van der Waals surface area contributed by atoms with Gasteiger partial charge in [0, 0.05) is 6.20 Å². The SMILES string of the molecule is Cc1c(O)c(O)c2n1C=CCC2. The van der Waals surface area contributed by atoms with Gasteiger partial charge in [0.25, 0.3) is 0 Å². The Kier molecular flexibility index (Phi) is 1.40. The maximum Gasteiger partial charge on any atom is 0.179 e. The molecule has 1 aliphatic heterocycles. The Bertz CT molecular complexity index is 350. The Morgan fingerprint density at radius 1 is 1.33 bits per heavy atom. The summed E-state index contributed by atoms with van der Waals surface area (Å²) in [6.07, 6.45) is 5.63. The highest BCUT2D eigenvalue weighted by molar-refractivity contribution is 5.54. The zero-order valence-corrected chi connectivity index (χ0v) is 6.91. The van der Waals surface area contributed by atoms with Gasteiger partial charge in [0.05, 0.1) is 11.4 Å². The number of hydrogen-bond acceptors (Lipinski definition) is 2. The van der Waals surface area contributed by atoms with Crippen molar-refractivity contribution in [3.8, 4) is 11.5 Å². The lowest BCUT2D eigenvalue weighted by molar-refractivity contribution is 0.402. The van der Waals surface area contributed by atoms with E-state index in [1.807, 2.05) is 16.8 Å². The van der Waals surface area contributed by atoms with Crippen molar-refractivity contribution < 1.29 is 10.2 Å². The Balaban J connectivity index is 2.70. The summed E-state index contributed by atoms with van der Waals surface area (Å²) in [4.78, 5) is 0. The molecule has 2 rings (SSSR count). The molecule has 0 radical (unpaired) electrons. The average Bonchev–Trinajstić information content (AvgIpc) is 2.33. The lowest BCUT2D eigenvalue weighted by Gasteiger charge is -2.09. The summed E-state index contributed by atoms with van der Waals surface area (Å²) in [7, 11) is 0. The van der Waals surface area contributed by atoms with Crippen molar-refractivity contribution in [2.45, 2.75) is 19.8 Å². The number of nitrogens with zero attached hydrogens (tertiary/aromatic N) is 1. The van der Waals surface area contributed by atoms with E-state index in [1.165, 1.54) is 0 Å². The summed E-state index contributed by atoms with van der Waals surface area (Å²) < 4.78 is 1.83. The van der Waals surface area contributed by atoms with Gasteiger partial charge < -0.3 is 14.8 Å². The first-order valence-corrected chi connectivity index (χ1v) is 4.00. The van der Waals surface area contributed by atoms with Gasteiger partial charge >= 0.3 is 0 Å². The van der Waals surface area contributed by atoms with E-state index in [1.54, 1.807) is 6.92 Å². The van der Waals surface area contributed by atoms with Gasteiger partial charge in [-0.3, -0.25) is 0 Å². The third kappa shape index (κ3) is 0.763. The second-order valence-electron chi connectivity index (χ2n) is 3.02. The van der Waals surface area contributed by atoms with E-state index in [-0.39, 0.29) is 11.5 Å². The summed E-state index contributed by atoms with van der Waals surface area (Å²) in [6, 6.07) is 0. The fraction of sp³-hybridized carbons (Fsp3) is 0.333. The van der Waals surface area contributed by atoms with Gasteiger partial charge in [0.15, 0.2) is 11.5 Å². The first-order chi connectivity index (χ1) is 5.72. The predicted octanol–water partition coefficient (Wildman–Crippen LogP) is 1.62. The number of aromatic nitrogens is 1. The van der Waals surface area contributed by atoms with Crippen molar-refractivity contribution in [1.82, 2.24) is 4.57 Å². The minimum absolute atomic E-state index is 0.0107. The fourth-order valence-corrected chi connectivity index (χ4v) is 1.58. The molecule has 0 unspecified atom stereocenters. The van der Waals surface area contributed by atoms with Crippen LogP contribution >= 0.6 is 0 Å². The van der Waals surface area contributed by atoms with Crippen LogP contribution < -0.4 is 0 Å². The van der Waals surface area contributed by atoms with Crippen LogP contribution in [0.15, 0.2) is 6.08 Å². The van der Waals surface area contributed by atoms with Gasteiger partial charge in [-0.25, -0.2) is 0 Å². The number of aromatic hydroxyl groups is 2. The van der Waals surface area contributed by atoms with E-state index in [0.29, 0.717) is 5.69 Å². The summed E-state index contributed by atoms with van der Waals surface area (Å²) in [5.74, 6) is 0.0494. The van der Waals surface area contributed by atoms with Crippen LogP contribution in [0.1, 0.15) is 17.8 Å². The van der Waals surface area contributed by atoms with Gasteiger partial charge in [0.1, 0.15) is 0 Å². The van der Waals surface area contributed by atoms with Crippen molar-refractivity contribution in [3.05, 3.63) is 17.5 Å². The van der Waals surface area contributed by atoms with Crippen LogP contribution in [0.4, 0.5) is 0 Å². The molecule has 3 heteroatoms. The van der Waals surface area contributed by atoms with Gasteiger partial charge in [0.2, 0.25) is 0 Å². The van der Waals surface area contributed by atoms with Gasteiger partial charge in [-0.05, 0) is 19.8 Å². The van der Waals surface area contributed by atoms with E-state index in [2.05, 4.69) is 0 Å². The lowest BCUT2D eigenvalue weighted by atomic mass is 10.2. The first kappa shape index (κ1) is 7.28. The molecule has 0 saturated heterocycles. The molecule has 0 atom stereocenters. The molecule has 1 aliphatic rings. The van der Waals surface area contributed by atoms with Crippen LogP contribution in [0.3, 0.4) is 0 Å². The smallest absolute Gasteiger partial charge is 0.179 e. The number of hydrogen-bond donors (Lipinski definition) is 2. The minimum Gasteiger partial charge on any atom is -0.503 e. The Hall–Kier alpha value is -1.38. The molecule has 12 heavy (non-hydrogen) atoms. The van der Waals surface area contributed by atoms with Crippen molar-refractivity contribution in [2.75, 3.05) is 0 Å². The fourth-order valence-electron chi connectivity index (χ4n) is 1.58. The third-order valence-electron chi connectivity index (χ3n) is 2.29. The van der Waals surface area contributed by atoms with Crippen LogP contribution in [0.25, 0.3) is 6.20 Å². The Morgan fingerprint density at radius 3 is 2.75 bits per heavy atom. The van der Waals surface area contributed by atoms with Crippen molar-refractivity contribution in [2.24, 2.45) is 0 Å². The molecule has 2 heterocycles. The van der Waals surface area contributed by atoms with Crippen LogP contribution in [0.5, 0.6) is 11.5 Å². The highest BCUT2D eigenvalue weighted by atomic mass is 16.3. The molecule has 2 N–H and O–H groups in total. The molecule has 0 amide bonds. The largest absolute Gasteiger partial charge is 0.503 e. The topological polar surface area (TPSA) is 45.4 Å². The van der Waals surface area contributed by atoms with E-state index in [0.717, 1.165) is 18.5 Å². The van der Waals surface area contributed by atoms with E-state index >= 15 is 0 Å². The van der Waals surface area contributed by atoms with Crippen molar-refractivity contribution in [3.63, 3.8) is 0 Å². The average molecular weight is 165 g/mol. The molecular formula is C9H11NO2. The first-order valence-electron chi connectivity index (χ1n) is 4.00. The van der Waals surface area contributed by atoms with Crippen LogP contribution in [0, 0.1) is 6.92 Å². The molecular weight excluding hydrogens is 154 g/mol. The molecule has 0 saturated carbocycles. The highest BCUT2D eigenvalue weighted by Crippen LogP contribution is 2.37. The molecule has 0 aromatic carbocycles. The zero-order chi connectivity index (χ0) is 8.72. The molecule has 64 valence electrons. The standard InChI is InChI=1S/C9H11NO2/c1-6-8(11)9(12)7-4-2-3-5-10(6)7/h3,5,11-12H,2,4H2,1H3. The molecule has 0 fully saturated rings. The maximum atomic E-state index is 9.46. The van der Waals surface area contributed by atoms with Crippen LogP contribution in [-0.4, -0.2) is 14.8 Å². The summed E-state index contributed by atoms with van der Waals surface area (Å²) >= 11 is 0. The summed E-state index contributed by atoms with van der Waals surface area (Å²) in [5.41, 5.74) is 1.52.